The van der Waals surface area contributed by atoms with Gasteiger partial charge in [0, 0.05) is 18.1 Å². The van der Waals surface area contributed by atoms with Gasteiger partial charge >= 0.3 is 17.7 Å². The fraction of sp³-hybridized carbons (Fsp3) is 0.467. The zero-order chi connectivity index (χ0) is 20.9. The molecule has 0 aliphatic rings. The van der Waals surface area contributed by atoms with E-state index < -0.39 is 51.3 Å². The van der Waals surface area contributed by atoms with E-state index in [1.807, 2.05) is 0 Å². The van der Waals surface area contributed by atoms with Crippen LogP contribution in [0.2, 0.25) is 0 Å². The van der Waals surface area contributed by atoms with Gasteiger partial charge in [0.25, 0.3) is 5.69 Å². The first-order valence-electron chi connectivity index (χ1n) is 7.57. The summed E-state index contributed by atoms with van der Waals surface area (Å²) in [6.45, 7) is 4.74. The van der Waals surface area contributed by atoms with Crippen molar-refractivity contribution in [2.75, 3.05) is 7.11 Å². The van der Waals surface area contributed by atoms with Crippen molar-refractivity contribution in [3.05, 3.63) is 37.9 Å². The number of hydrogen-bond acceptors (Lipinski definition) is 8. The molecule has 0 aromatic heterocycles. The molecule has 27 heavy (non-hydrogen) atoms. The highest BCUT2D eigenvalue weighted by Gasteiger charge is 2.30. The number of carboxylic acid groups (broad SMARTS) is 1. The highest BCUT2D eigenvalue weighted by atomic mass is 16.6. The number of methoxy groups -OCH3 is 1. The summed E-state index contributed by atoms with van der Waals surface area (Å²) in [6.07, 6.45) is -1.52. The van der Waals surface area contributed by atoms with Gasteiger partial charge in [0.1, 0.15) is 11.6 Å². The third-order valence-electron chi connectivity index (χ3n) is 3.16. The number of nitrogens with one attached hydrogen (secondary N) is 1. The number of aliphatic carboxylic acids is 1. The highest BCUT2D eigenvalue weighted by Crippen LogP contribution is 2.36. The number of hydrogen-bond donors (Lipinski definition) is 2. The molecule has 0 aliphatic carbocycles. The number of nitrogens with zero attached hydrogens (tertiary/aromatic N) is 2. The predicted molar refractivity (Wildman–Crippen MR) is 90.8 cm³/mol. The molecule has 0 radical (unpaired) electrons. The molecule has 0 saturated carbocycles. The normalized spacial score (nSPS) is 12.0. The van der Waals surface area contributed by atoms with Crippen LogP contribution in [-0.2, 0) is 16.0 Å². The molecule has 0 fully saturated rings. The average molecular weight is 385 g/mol. The number of non-ortho nitro benzene ring substituents is 1. The van der Waals surface area contributed by atoms with Gasteiger partial charge in [-0.3, -0.25) is 20.2 Å². The molecule has 0 saturated heterocycles. The first kappa shape index (κ1) is 21.6. The Hall–Kier alpha value is -3.44. The van der Waals surface area contributed by atoms with Gasteiger partial charge in [-0.05, 0) is 20.8 Å². The SMILES string of the molecule is COc1c(C[C@H](NC(=O)OC(C)(C)C)C(=O)O)cc([N+](=O)[O-])cc1[N+](=O)[O-]. The molecule has 0 heterocycles. The van der Waals surface area contributed by atoms with Gasteiger partial charge in [0.15, 0.2) is 0 Å². The van der Waals surface area contributed by atoms with E-state index in [4.69, 9.17) is 9.47 Å². The third kappa shape index (κ3) is 6.09. The standard InChI is InChI=1S/C15H19N3O9/c1-15(2,3)27-14(21)16-10(13(19)20)6-8-5-9(17(22)23)7-11(18(24)25)12(8)26-4/h5,7,10H,6H2,1-4H3,(H,16,21)(H,19,20)/t10-/m0/s1. The van der Waals surface area contributed by atoms with Crippen LogP contribution >= 0.6 is 0 Å². The molecule has 0 bridgehead atoms. The van der Waals surface area contributed by atoms with Gasteiger partial charge in [-0.25, -0.2) is 9.59 Å². The lowest BCUT2D eigenvalue weighted by Gasteiger charge is -2.22. The van der Waals surface area contributed by atoms with Gasteiger partial charge in [-0.1, -0.05) is 0 Å². The molecule has 2 N–H and O–H groups in total. The molecule has 1 atom stereocenters. The molecule has 148 valence electrons. The zero-order valence-corrected chi connectivity index (χ0v) is 15.0. The largest absolute Gasteiger partial charge is 0.490 e. The molecule has 12 nitrogen and oxygen atoms in total. The van der Waals surface area contributed by atoms with E-state index in [1.54, 1.807) is 20.8 Å². The summed E-state index contributed by atoms with van der Waals surface area (Å²) in [7, 11) is 1.11. The summed E-state index contributed by atoms with van der Waals surface area (Å²) in [4.78, 5) is 43.7. The Labute approximate surface area is 153 Å². The smallest absolute Gasteiger partial charge is 0.408 e. The number of ether oxygens (including phenoxy) is 2. The van der Waals surface area contributed by atoms with Gasteiger partial charge in [-0.2, -0.15) is 0 Å². The fourth-order valence-electron chi connectivity index (χ4n) is 2.15. The van der Waals surface area contributed by atoms with Crippen LogP contribution < -0.4 is 10.1 Å². The maximum absolute atomic E-state index is 11.8. The molecule has 0 aliphatic heterocycles. The van der Waals surface area contributed by atoms with E-state index in [-0.39, 0.29) is 11.3 Å². The minimum absolute atomic E-state index is 0.123. The second kappa shape index (κ2) is 8.29. The van der Waals surface area contributed by atoms with Crippen molar-refractivity contribution in [1.82, 2.24) is 5.32 Å². The Morgan fingerprint density at radius 3 is 2.22 bits per heavy atom. The number of carbonyl (C=O) groups excluding carboxylic acids is 1. The fourth-order valence-corrected chi connectivity index (χ4v) is 2.15. The first-order valence-corrected chi connectivity index (χ1v) is 7.57. The number of nitro benzene ring substituents is 2. The summed E-state index contributed by atoms with van der Waals surface area (Å²) in [5, 5.41) is 33.6. The van der Waals surface area contributed by atoms with Crippen LogP contribution in [0.3, 0.4) is 0 Å². The number of alkyl carbamates (subject to hydrolysis) is 1. The Kier molecular flexibility index (Phi) is 6.64. The number of benzene rings is 1. The van der Waals surface area contributed by atoms with Gasteiger partial charge < -0.3 is 19.9 Å². The maximum Gasteiger partial charge on any atom is 0.408 e. The first-order chi connectivity index (χ1) is 12.4. The zero-order valence-electron chi connectivity index (χ0n) is 15.0. The Balaban J connectivity index is 3.28. The van der Waals surface area contributed by atoms with Gasteiger partial charge in [-0.15, -0.1) is 0 Å². The molecule has 1 rings (SSSR count). The van der Waals surface area contributed by atoms with Crippen LogP contribution in [0.5, 0.6) is 5.75 Å². The van der Waals surface area contributed by atoms with Crippen LogP contribution in [0.4, 0.5) is 16.2 Å². The lowest BCUT2D eigenvalue weighted by atomic mass is 10.0. The second-order valence-corrected chi connectivity index (χ2v) is 6.41. The lowest BCUT2D eigenvalue weighted by Crippen LogP contribution is -2.44. The van der Waals surface area contributed by atoms with Crippen molar-refractivity contribution >= 4 is 23.4 Å². The van der Waals surface area contributed by atoms with E-state index in [9.17, 15) is 34.9 Å². The van der Waals surface area contributed by atoms with Crippen LogP contribution in [0.25, 0.3) is 0 Å². The van der Waals surface area contributed by atoms with Crippen molar-refractivity contribution in [2.45, 2.75) is 38.8 Å². The molecule has 1 amide bonds. The summed E-state index contributed by atoms with van der Waals surface area (Å²) in [5.74, 6) is -1.79. The molecule has 1 aromatic rings. The van der Waals surface area contributed by atoms with Crippen LogP contribution in [0.1, 0.15) is 26.3 Å². The molecule has 1 aromatic carbocycles. The number of carbonyl (C=O) groups is 2. The van der Waals surface area contributed by atoms with E-state index in [2.05, 4.69) is 5.32 Å². The summed E-state index contributed by atoms with van der Waals surface area (Å²) >= 11 is 0. The topological polar surface area (TPSA) is 171 Å². The van der Waals surface area contributed by atoms with Gasteiger partial charge in [0.2, 0.25) is 5.75 Å². The van der Waals surface area contributed by atoms with Crippen molar-refractivity contribution in [1.29, 1.82) is 0 Å². The second-order valence-electron chi connectivity index (χ2n) is 6.41. The van der Waals surface area contributed by atoms with E-state index in [1.165, 1.54) is 0 Å². The molecule has 0 spiro atoms. The van der Waals surface area contributed by atoms with Crippen molar-refractivity contribution in [3.8, 4) is 5.75 Å². The highest BCUT2D eigenvalue weighted by molar-refractivity contribution is 5.80. The summed E-state index contributed by atoms with van der Waals surface area (Å²) < 4.78 is 9.91. The minimum Gasteiger partial charge on any atom is -0.490 e. The molecule has 12 heteroatoms. The number of nitro groups is 2. The Bertz CT molecular complexity index is 771. The minimum atomic E-state index is -1.56. The number of carboxylic acids is 1. The van der Waals surface area contributed by atoms with E-state index >= 15 is 0 Å². The van der Waals surface area contributed by atoms with Crippen LogP contribution in [0, 0.1) is 20.2 Å². The quantitative estimate of drug-likeness (QED) is 0.526. The van der Waals surface area contributed by atoms with Crippen molar-refractivity contribution in [2.24, 2.45) is 0 Å². The van der Waals surface area contributed by atoms with Crippen molar-refractivity contribution < 1.29 is 34.0 Å². The number of amides is 1. The van der Waals surface area contributed by atoms with Crippen molar-refractivity contribution in [3.63, 3.8) is 0 Å². The van der Waals surface area contributed by atoms with E-state index in [0.717, 1.165) is 13.2 Å². The third-order valence-corrected chi connectivity index (χ3v) is 3.16. The average Bonchev–Trinajstić information content (AvgIpc) is 2.51. The van der Waals surface area contributed by atoms with Gasteiger partial charge in [0.05, 0.1) is 23.0 Å². The Morgan fingerprint density at radius 1 is 1.22 bits per heavy atom. The molecular formula is C15H19N3O9. The summed E-state index contributed by atoms with van der Waals surface area (Å²) in [5.41, 5.74) is -2.31. The van der Waals surface area contributed by atoms with Crippen LogP contribution in [0.15, 0.2) is 12.1 Å². The molecular weight excluding hydrogens is 366 g/mol. The Morgan fingerprint density at radius 2 is 1.81 bits per heavy atom. The molecule has 0 unspecified atom stereocenters. The lowest BCUT2D eigenvalue weighted by molar-refractivity contribution is -0.394. The maximum atomic E-state index is 11.8. The number of rotatable bonds is 7. The van der Waals surface area contributed by atoms with Crippen LogP contribution in [-0.4, -0.2) is 45.8 Å². The summed E-state index contributed by atoms with van der Waals surface area (Å²) in [6, 6.07) is 0.105. The van der Waals surface area contributed by atoms with E-state index in [0.29, 0.717) is 6.07 Å². The predicted octanol–water partition coefficient (Wildman–Crippen LogP) is 2.03. The monoisotopic (exact) mass is 385 g/mol.